The summed E-state index contributed by atoms with van der Waals surface area (Å²) in [7, 11) is 3.41. The molecule has 2 heterocycles. The Morgan fingerprint density at radius 3 is 2.64 bits per heavy atom. The van der Waals surface area contributed by atoms with Crippen molar-refractivity contribution in [3.8, 4) is 0 Å². The van der Waals surface area contributed by atoms with Crippen LogP contribution in [0.3, 0.4) is 0 Å². The lowest BCUT2D eigenvalue weighted by Gasteiger charge is -2.15. The molecule has 0 radical (unpaired) electrons. The fourth-order valence-corrected chi connectivity index (χ4v) is 3.53. The van der Waals surface area contributed by atoms with E-state index in [1.54, 1.807) is 20.2 Å². The van der Waals surface area contributed by atoms with Gasteiger partial charge in [0, 0.05) is 31.9 Å². The molecule has 1 amide bonds. The Labute approximate surface area is 165 Å². The van der Waals surface area contributed by atoms with Gasteiger partial charge in [-0.2, -0.15) is 0 Å². The second-order valence-electron chi connectivity index (χ2n) is 7.28. The number of hydrogen-bond donors (Lipinski definition) is 3. The minimum Gasteiger partial charge on any atom is -0.392 e. The van der Waals surface area contributed by atoms with Crippen LogP contribution in [0.2, 0.25) is 0 Å². The van der Waals surface area contributed by atoms with E-state index in [-0.39, 0.29) is 12.5 Å². The van der Waals surface area contributed by atoms with Gasteiger partial charge in [-0.05, 0) is 43.0 Å². The number of aryl methyl sites for hydroxylation is 3. The first-order valence-electron chi connectivity index (χ1n) is 9.53. The Morgan fingerprint density at radius 1 is 1.25 bits per heavy atom. The number of benzene rings is 1. The van der Waals surface area contributed by atoms with Gasteiger partial charge in [-0.15, -0.1) is 0 Å². The smallest absolute Gasteiger partial charge is 0.272 e. The number of amides is 1. The zero-order valence-electron chi connectivity index (χ0n) is 17.2. The van der Waals surface area contributed by atoms with Crippen molar-refractivity contribution in [2.24, 2.45) is 0 Å². The fourth-order valence-electron chi connectivity index (χ4n) is 3.53. The van der Waals surface area contributed by atoms with E-state index in [0.717, 1.165) is 28.9 Å². The van der Waals surface area contributed by atoms with E-state index in [0.29, 0.717) is 17.8 Å². The van der Waals surface area contributed by atoms with Crippen LogP contribution in [0.4, 0.5) is 5.69 Å². The van der Waals surface area contributed by atoms with Crippen LogP contribution in [0.1, 0.15) is 45.4 Å². The lowest BCUT2D eigenvalue weighted by molar-refractivity contribution is 0.0822. The van der Waals surface area contributed by atoms with E-state index >= 15 is 0 Å². The Hall–Kier alpha value is -2.86. The second-order valence-corrected chi connectivity index (χ2v) is 7.28. The molecular formula is C22H28N4O2. The van der Waals surface area contributed by atoms with Crippen LogP contribution in [-0.4, -0.2) is 40.0 Å². The zero-order valence-corrected chi connectivity index (χ0v) is 17.2. The van der Waals surface area contributed by atoms with Crippen LogP contribution < -0.4 is 5.32 Å². The average molecular weight is 380 g/mol. The minimum absolute atomic E-state index is 0.129. The minimum atomic E-state index is -0.169. The molecule has 0 aliphatic heterocycles. The summed E-state index contributed by atoms with van der Waals surface area (Å²) >= 11 is 0. The highest BCUT2D eigenvalue weighted by Crippen LogP contribution is 2.29. The lowest BCUT2D eigenvalue weighted by atomic mass is 10.00. The van der Waals surface area contributed by atoms with Crippen LogP contribution in [-0.2, 0) is 19.6 Å². The molecule has 0 fully saturated rings. The number of aromatic amines is 1. The third-order valence-corrected chi connectivity index (χ3v) is 5.20. The maximum atomic E-state index is 12.5. The van der Waals surface area contributed by atoms with Crippen molar-refractivity contribution in [1.82, 2.24) is 14.9 Å². The number of carbonyl (C=O) groups excluding carboxylic acids is 1. The molecule has 0 saturated carbocycles. The number of rotatable bonds is 6. The summed E-state index contributed by atoms with van der Waals surface area (Å²) in [5, 5.41) is 13.3. The molecule has 0 bridgehead atoms. The number of nitrogens with one attached hydrogen (secondary N) is 2. The monoisotopic (exact) mass is 380 g/mol. The molecule has 6 heteroatoms. The number of hydrogen-bond acceptors (Lipinski definition) is 4. The molecule has 2 aromatic heterocycles. The number of anilines is 1. The molecule has 0 saturated heterocycles. The molecule has 3 N–H and O–H groups in total. The number of H-pyrrole nitrogens is 1. The number of pyridine rings is 1. The van der Waals surface area contributed by atoms with Crippen molar-refractivity contribution in [1.29, 1.82) is 0 Å². The van der Waals surface area contributed by atoms with E-state index in [9.17, 15) is 9.90 Å². The predicted molar refractivity (Wildman–Crippen MR) is 113 cm³/mol. The van der Waals surface area contributed by atoms with Gasteiger partial charge in [-0.1, -0.05) is 25.1 Å². The SMILES string of the molecule is CCc1cccc(C)c1CNc1cc(C(=O)N(C)C)nc2c(CO)c(C)[nH]c12. The van der Waals surface area contributed by atoms with Gasteiger partial charge in [-0.25, -0.2) is 4.98 Å². The number of fused-ring (bicyclic) bond motifs is 1. The number of nitrogens with zero attached hydrogens (tertiary/aromatic N) is 2. The first-order valence-corrected chi connectivity index (χ1v) is 9.53. The molecule has 6 nitrogen and oxygen atoms in total. The highest BCUT2D eigenvalue weighted by molar-refractivity contribution is 5.99. The summed E-state index contributed by atoms with van der Waals surface area (Å²) in [5.74, 6) is -0.169. The lowest BCUT2D eigenvalue weighted by Crippen LogP contribution is -2.23. The van der Waals surface area contributed by atoms with E-state index in [2.05, 4.69) is 47.3 Å². The third kappa shape index (κ3) is 3.60. The summed E-state index contributed by atoms with van der Waals surface area (Å²) in [4.78, 5) is 21.9. The maximum Gasteiger partial charge on any atom is 0.272 e. The quantitative estimate of drug-likeness (QED) is 0.611. The summed E-state index contributed by atoms with van der Waals surface area (Å²) in [6.45, 7) is 6.69. The normalized spacial score (nSPS) is 11.1. The van der Waals surface area contributed by atoms with Gasteiger partial charge in [0.15, 0.2) is 0 Å². The van der Waals surface area contributed by atoms with Crippen molar-refractivity contribution in [3.05, 3.63) is 57.9 Å². The molecule has 1 aromatic carbocycles. The van der Waals surface area contributed by atoms with Gasteiger partial charge in [0.25, 0.3) is 5.91 Å². The zero-order chi connectivity index (χ0) is 20.4. The van der Waals surface area contributed by atoms with Gasteiger partial charge >= 0.3 is 0 Å². The van der Waals surface area contributed by atoms with Crippen LogP contribution in [0.5, 0.6) is 0 Å². The average Bonchev–Trinajstić information content (AvgIpc) is 3.00. The highest BCUT2D eigenvalue weighted by atomic mass is 16.3. The first-order chi connectivity index (χ1) is 13.4. The van der Waals surface area contributed by atoms with Gasteiger partial charge in [-0.3, -0.25) is 4.79 Å². The second kappa shape index (κ2) is 8.02. The molecule has 0 atom stereocenters. The third-order valence-electron chi connectivity index (χ3n) is 5.20. The number of aromatic nitrogens is 2. The first kappa shape index (κ1) is 19.9. The van der Waals surface area contributed by atoms with Gasteiger partial charge in [0.2, 0.25) is 0 Å². The molecule has 148 valence electrons. The van der Waals surface area contributed by atoms with E-state index < -0.39 is 0 Å². The molecule has 0 aliphatic carbocycles. The molecule has 3 rings (SSSR count). The summed E-state index contributed by atoms with van der Waals surface area (Å²) in [6, 6.07) is 8.13. The van der Waals surface area contributed by atoms with Crippen LogP contribution in [0.25, 0.3) is 11.0 Å². The van der Waals surface area contributed by atoms with Crippen LogP contribution >= 0.6 is 0 Å². The molecule has 3 aromatic rings. The Kier molecular flexibility index (Phi) is 5.70. The van der Waals surface area contributed by atoms with Crippen molar-refractivity contribution >= 4 is 22.6 Å². The molecule has 0 spiro atoms. The van der Waals surface area contributed by atoms with Gasteiger partial charge < -0.3 is 20.3 Å². The topological polar surface area (TPSA) is 81.2 Å². The Balaban J connectivity index is 2.08. The van der Waals surface area contributed by atoms with Crippen molar-refractivity contribution in [2.75, 3.05) is 19.4 Å². The predicted octanol–water partition coefficient (Wildman–Crippen LogP) is 3.55. The summed E-state index contributed by atoms with van der Waals surface area (Å²) in [6.07, 6.45) is 0.963. The number of aliphatic hydroxyl groups is 1. The maximum absolute atomic E-state index is 12.5. The Morgan fingerprint density at radius 2 is 2.00 bits per heavy atom. The summed E-state index contributed by atoms with van der Waals surface area (Å²) in [5.41, 5.74) is 7.99. The number of aliphatic hydroxyl groups excluding tert-OH is 1. The summed E-state index contributed by atoms with van der Waals surface area (Å²) < 4.78 is 0. The van der Waals surface area contributed by atoms with E-state index in [1.165, 1.54) is 21.6 Å². The fraction of sp³-hybridized carbons (Fsp3) is 0.364. The van der Waals surface area contributed by atoms with Crippen LogP contribution in [0, 0.1) is 13.8 Å². The standard InChI is InChI=1S/C22H28N4O2/c1-6-15-9-7-8-13(2)16(15)11-23-18-10-19(22(28)26(4)5)25-20-17(12-27)14(3)24-21(18)20/h7-10,24,27H,6,11-12H2,1-5H3,(H,23,25). The Bertz CT molecular complexity index is 1020. The highest BCUT2D eigenvalue weighted by Gasteiger charge is 2.19. The van der Waals surface area contributed by atoms with E-state index in [1.807, 2.05) is 6.92 Å². The number of carbonyl (C=O) groups is 1. The molecule has 0 unspecified atom stereocenters. The van der Waals surface area contributed by atoms with Crippen LogP contribution in [0.15, 0.2) is 24.3 Å². The van der Waals surface area contributed by atoms with Gasteiger partial charge in [0.1, 0.15) is 5.69 Å². The van der Waals surface area contributed by atoms with Crippen molar-refractivity contribution in [3.63, 3.8) is 0 Å². The molecular weight excluding hydrogens is 352 g/mol. The van der Waals surface area contributed by atoms with Crippen molar-refractivity contribution < 1.29 is 9.90 Å². The van der Waals surface area contributed by atoms with Gasteiger partial charge in [0.05, 0.1) is 23.3 Å². The largest absolute Gasteiger partial charge is 0.392 e. The van der Waals surface area contributed by atoms with E-state index in [4.69, 9.17) is 0 Å². The molecule has 28 heavy (non-hydrogen) atoms. The molecule has 0 aliphatic rings. The van der Waals surface area contributed by atoms with Crippen molar-refractivity contribution in [2.45, 2.75) is 40.3 Å².